The number of urea groups is 1. The first kappa shape index (κ1) is 19.1. The number of esters is 1. The third kappa shape index (κ3) is 7.92. The van der Waals surface area contributed by atoms with Gasteiger partial charge in [0.05, 0.1) is 0 Å². The lowest BCUT2D eigenvalue weighted by molar-refractivity contribution is -0.150. The molecule has 3 amide bonds. The van der Waals surface area contributed by atoms with E-state index in [1.165, 1.54) is 24.3 Å². The zero-order valence-electron chi connectivity index (χ0n) is 13.5. The molecule has 0 fully saturated rings. The Morgan fingerprint density at radius 3 is 2.38 bits per heavy atom. The van der Waals surface area contributed by atoms with Crippen molar-refractivity contribution in [1.29, 1.82) is 0 Å². The molecule has 0 radical (unpaired) electrons. The Morgan fingerprint density at radius 1 is 1.12 bits per heavy atom. The zero-order valence-corrected chi connectivity index (χ0v) is 13.5. The van der Waals surface area contributed by atoms with Crippen LogP contribution in [0.25, 0.3) is 0 Å². The fourth-order valence-corrected chi connectivity index (χ4v) is 1.48. The topological polar surface area (TPSA) is 111 Å². The van der Waals surface area contributed by atoms with Crippen molar-refractivity contribution in [2.45, 2.75) is 13.8 Å². The quantitative estimate of drug-likeness (QED) is 0.539. The second-order valence-electron chi connectivity index (χ2n) is 5.29. The van der Waals surface area contributed by atoms with Crippen molar-refractivity contribution in [1.82, 2.24) is 10.6 Å². The van der Waals surface area contributed by atoms with Gasteiger partial charge in [0, 0.05) is 12.1 Å². The standard InChI is InChI=1S/C16H20N2O6/c1-11(2)7-17-16(22)18-14(20)9-24-15(21)10-23-13-5-3-12(8-19)4-6-13/h3-6,8,11H,7,9-10H2,1-2H3,(H2,17,18,20,22). The smallest absolute Gasteiger partial charge is 0.344 e. The molecule has 24 heavy (non-hydrogen) atoms. The van der Waals surface area contributed by atoms with Crippen molar-refractivity contribution >= 4 is 24.2 Å². The van der Waals surface area contributed by atoms with Gasteiger partial charge in [0.2, 0.25) is 0 Å². The first-order chi connectivity index (χ1) is 11.4. The summed E-state index contributed by atoms with van der Waals surface area (Å²) < 4.78 is 9.83. The second kappa shape index (κ2) is 9.98. The lowest BCUT2D eigenvalue weighted by Crippen LogP contribution is -2.42. The third-order valence-electron chi connectivity index (χ3n) is 2.66. The minimum Gasteiger partial charge on any atom is -0.482 e. The lowest BCUT2D eigenvalue weighted by Gasteiger charge is -2.09. The molecule has 8 heteroatoms. The van der Waals surface area contributed by atoms with Gasteiger partial charge < -0.3 is 14.8 Å². The molecule has 0 saturated carbocycles. The largest absolute Gasteiger partial charge is 0.482 e. The monoisotopic (exact) mass is 336 g/mol. The summed E-state index contributed by atoms with van der Waals surface area (Å²) in [4.78, 5) is 44.7. The van der Waals surface area contributed by atoms with Crippen LogP contribution in [0.1, 0.15) is 24.2 Å². The summed E-state index contributed by atoms with van der Waals surface area (Å²) in [5.74, 6) is -0.858. The average Bonchev–Trinajstić information content (AvgIpc) is 2.56. The number of carbonyl (C=O) groups excluding carboxylic acids is 4. The van der Waals surface area contributed by atoms with Gasteiger partial charge >= 0.3 is 12.0 Å². The highest BCUT2D eigenvalue weighted by Gasteiger charge is 2.11. The van der Waals surface area contributed by atoms with Crippen molar-refractivity contribution in [2.75, 3.05) is 19.8 Å². The number of imide groups is 1. The number of carbonyl (C=O) groups is 4. The van der Waals surface area contributed by atoms with Gasteiger partial charge in [0.15, 0.2) is 13.2 Å². The SMILES string of the molecule is CC(C)CNC(=O)NC(=O)COC(=O)COc1ccc(C=O)cc1. The number of hydrogen-bond acceptors (Lipinski definition) is 6. The van der Waals surface area contributed by atoms with Gasteiger partial charge in [-0.2, -0.15) is 0 Å². The van der Waals surface area contributed by atoms with Crippen molar-refractivity contribution in [3.05, 3.63) is 29.8 Å². The van der Waals surface area contributed by atoms with E-state index in [0.29, 0.717) is 24.1 Å². The maximum absolute atomic E-state index is 11.5. The average molecular weight is 336 g/mol. The highest BCUT2D eigenvalue weighted by atomic mass is 16.6. The van der Waals surface area contributed by atoms with Crippen LogP contribution in [0.15, 0.2) is 24.3 Å². The number of benzene rings is 1. The summed E-state index contributed by atoms with van der Waals surface area (Å²) in [6.07, 6.45) is 0.688. The van der Waals surface area contributed by atoms with E-state index in [4.69, 9.17) is 4.74 Å². The summed E-state index contributed by atoms with van der Waals surface area (Å²) >= 11 is 0. The van der Waals surface area contributed by atoms with Gasteiger partial charge in [0.25, 0.3) is 5.91 Å². The highest BCUT2D eigenvalue weighted by Crippen LogP contribution is 2.10. The van der Waals surface area contributed by atoms with E-state index in [1.807, 2.05) is 19.2 Å². The number of amides is 3. The molecule has 0 aromatic heterocycles. The van der Waals surface area contributed by atoms with Gasteiger partial charge in [-0.05, 0) is 30.2 Å². The van der Waals surface area contributed by atoms with Gasteiger partial charge in [-0.3, -0.25) is 14.9 Å². The summed E-state index contributed by atoms with van der Waals surface area (Å²) in [5, 5.41) is 4.53. The van der Waals surface area contributed by atoms with Gasteiger partial charge in [-0.15, -0.1) is 0 Å². The Bertz CT molecular complexity index is 583. The number of nitrogens with one attached hydrogen (secondary N) is 2. The number of ether oxygens (including phenoxy) is 2. The minimum absolute atomic E-state index is 0.251. The van der Waals surface area contributed by atoms with Crippen molar-refractivity contribution in [3.8, 4) is 5.75 Å². The maximum atomic E-state index is 11.5. The fraction of sp³-hybridized carbons (Fsp3) is 0.375. The summed E-state index contributed by atoms with van der Waals surface area (Å²) in [7, 11) is 0. The van der Waals surface area contributed by atoms with Crippen molar-refractivity contribution in [2.24, 2.45) is 5.92 Å². The Balaban J connectivity index is 2.23. The predicted octanol–water partition coefficient (Wildman–Crippen LogP) is 0.903. The van der Waals surface area contributed by atoms with Crippen LogP contribution < -0.4 is 15.4 Å². The number of hydrogen-bond donors (Lipinski definition) is 2. The molecule has 1 rings (SSSR count). The Labute approximate surface area is 139 Å². The van der Waals surface area contributed by atoms with E-state index in [-0.39, 0.29) is 5.92 Å². The van der Waals surface area contributed by atoms with Gasteiger partial charge in [0.1, 0.15) is 12.0 Å². The van der Waals surface area contributed by atoms with Crippen LogP contribution in [0.3, 0.4) is 0 Å². The van der Waals surface area contributed by atoms with Crippen LogP contribution in [-0.4, -0.2) is 44.0 Å². The summed E-state index contributed by atoms with van der Waals surface area (Å²) in [6.45, 7) is 3.27. The lowest BCUT2D eigenvalue weighted by atomic mass is 10.2. The van der Waals surface area contributed by atoms with Crippen LogP contribution >= 0.6 is 0 Å². The van der Waals surface area contributed by atoms with E-state index in [2.05, 4.69) is 10.1 Å². The molecule has 1 aromatic carbocycles. The molecular formula is C16H20N2O6. The molecule has 0 heterocycles. The van der Waals surface area contributed by atoms with Crippen molar-refractivity contribution in [3.63, 3.8) is 0 Å². The van der Waals surface area contributed by atoms with E-state index in [1.54, 1.807) is 0 Å². The van der Waals surface area contributed by atoms with Crippen LogP contribution in [0, 0.1) is 5.92 Å². The molecule has 0 atom stereocenters. The Kier molecular flexibility index (Phi) is 7.97. The molecule has 0 bridgehead atoms. The second-order valence-corrected chi connectivity index (χ2v) is 5.29. The molecule has 130 valence electrons. The van der Waals surface area contributed by atoms with Gasteiger partial charge in [-0.25, -0.2) is 9.59 Å². The van der Waals surface area contributed by atoms with Crippen LogP contribution in [0.5, 0.6) is 5.75 Å². The normalized spacial score (nSPS) is 9.96. The molecule has 0 unspecified atom stereocenters. The Hall–Kier alpha value is -2.90. The molecule has 0 saturated heterocycles. The molecule has 0 aliphatic heterocycles. The van der Waals surface area contributed by atoms with Crippen LogP contribution in [0.4, 0.5) is 4.79 Å². The molecule has 2 N–H and O–H groups in total. The van der Waals surface area contributed by atoms with E-state index < -0.39 is 31.1 Å². The highest BCUT2D eigenvalue weighted by molar-refractivity contribution is 5.95. The first-order valence-corrected chi connectivity index (χ1v) is 7.32. The molecule has 8 nitrogen and oxygen atoms in total. The van der Waals surface area contributed by atoms with E-state index in [9.17, 15) is 19.2 Å². The minimum atomic E-state index is -0.757. The van der Waals surface area contributed by atoms with Gasteiger partial charge in [-0.1, -0.05) is 13.8 Å². The van der Waals surface area contributed by atoms with Crippen molar-refractivity contribution < 1.29 is 28.7 Å². The van der Waals surface area contributed by atoms with E-state index >= 15 is 0 Å². The summed E-state index contributed by atoms with van der Waals surface area (Å²) in [6, 6.07) is 5.50. The van der Waals surface area contributed by atoms with Crippen LogP contribution in [0.2, 0.25) is 0 Å². The molecule has 0 spiro atoms. The molecule has 0 aliphatic carbocycles. The first-order valence-electron chi connectivity index (χ1n) is 7.32. The number of aldehydes is 1. The van der Waals surface area contributed by atoms with Crippen LogP contribution in [-0.2, 0) is 14.3 Å². The zero-order chi connectivity index (χ0) is 17.9. The molecule has 1 aromatic rings. The third-order valence-corrected chi connectivity index (χ3v) is 2.66. The summed E-state index contributed by atoms with van der Waals surface area (Å²) in [5.41, 5.74) is 0.484. The molecule has 0 aliphatic rings. The Morgan fingerprint density at radius 2 is 1.79 bits per heavy atom. The maximum Gasteiger partial charge on any atom is 0.344 e. The predicted molar refractivity (Wildman–Crippen MR) is 84.7 cm³/mol. The number of rotatable bonds is 8. The molecular weight excluding hydrogens is 316 g/mol. The van der Waals surface area contributed by atoms with E-state index in [0.717, 1.165) is 0 Å². The fourth-order valence-electron chi connectivity index (χ4n) is 1.48.